The Labute approximate surface area is 180 Å². The number of ether oxygens (including phenoxy) is 3. The van der Waals surface area contributed by atoms with E-state index >= 15 is 0 Å². The lowest BCUT2D eigenvalue weighted by atomic mass is 9.84. The molecular weight excluding hydrogens is 410 g/mol. The van der Waals surface area contributed by atoms with Gasteiger partial charge in [0.15, 0.2) is 17.6 Å². The van der Waals surface area contributed by atoms with Crippen LogP contribution in [0.15, 0.2) is 0 Å². The van der Waals surface area contributed by atoms with Crippen LogP contribution in [0.3, 0.4) is 0 Å². The van der Waals surface area contributed by atoms with E-state index in [9.17, 15) is 30.3 Å². The van der Waals surface area contributed by atoms with Gasteiger partial charge < -0.3 is 39.7 Å². The lowest BCUT2D eigenvalue weighted by Crippen LogP contribution is -2.58. The Bertz CT molecular complexity index is 809. The van der Waals surface area contributed by atoms with Crippen LogP contribution >= 0.6 is 0 Å². The Morgan fingerprint density at radius 2 is 1.71 bits per heavy atom. The minimum Gasteiger partial charge on any atom is -0.504 e. The van der Waals surface area contributed by atoms with Crippen molar-refractivity contribution in [1.82, 2.24) is 4.90 Å². The van der Waals surface area contributed by atoms with E-state index in [-0.39, 0.29) is 34.7 Å². The van der Waals surface area contributed by atoms with Crippen molar-refractivity contribution in [2.24, 2.45) is 0 Å². The number of carbonyl (C=O) groups is 1. The number of fused-ring (bicyclic) bond motifs is 3. The van der Waals surface area contributed by atoms with E-state index in [0.717, 1.165) is 25.9 Å². The first-order valence-corrected chi connectivity index (χ1v) is 10.5. The van der Waals surface area contributed by atoms with Gasteiger partial charge in [-0.15, -0.1) is 0 Å². The van der Waals surface area contributed by atoms with Gasteiger partial charge in [0.25, 0.3) is 0 Å². The molecule has 10 heteroatoms. The molecule has 0 radical (unpaired) electrons. The Balaban J connectivity index is 2.18. The van der Waals surface area contributed by atoms with Crippen LogP contribution in [0.1, 0.15) is 54.3 Å². The molecule has 3 rings (SSSR count). The normalized spacial score (nSPS) is 27.6. The third-order valence-electron chi connectivity index (χ3n) is 5.81. The summed E-state index contributed by atoms with van der Waals surface area (Å²) >= 11 is 0. The first kappa shape index (κ1) is 23.6. The lowest BCUT2D eigenvalue weighted by Gasteiger charge is -2.45. The second-order valence-corrected chi connectivity index (χ2v) is 7.90. The number of methoxy groups -OCH3 is 1. The van der Waals surface area contributed by atoms with Crippen LogP contribution in [0.4, 0.5) is 0 Å². The molecule has 0 aliphatic carbocycles. The minimum atomic E-state index is -1.53. The maximum Gasteiger partial charge on any atom is 0.339 e. The quantitative estimate of drug-likeness (QED) is 0.359. The molecule has 1 aromatic rings. The van der Waals surface area contributed by atoms with E-state index in [1.807, 2.05) is 13.8 Å². The lowest BCUT2D eigenvalue weighted by molar-refractivity contribution is -0.235. The van der Waals surface area contributed by atoms with Gasteiger partial charge in [0, 0.05) is 17.7 Å². The highest BCUT2D eigenvalue weighted by atomic mass is 16.6. The molecule has 1 aromatic carbocycles. The van der Waals surface area contributed by atoms with E-state index < -0.39 is 48.8 Å². The fourth-order valence-corrected chi connectivity index (χ4v) is 4.39. The molecule has 0 unspecified atom stereocenters. The first-order chi connectivity index (χ1) is 14.8. The number of nitrogens with zero attached hydrogens (tertiary/aromatic N) is 1. The molecule has 2 aliphatic heterocycles. The van der Waals surface area contributed by atoms with Crippen molar-refractivity contribution >= 4 is 5.97 Å². The van der Waals surface area contributed by atoms with Crippen molar-refractivity contribution in [1.29, 1.82) is 0 Å². The van der Waals surface area contributed by atoms with Gasteiger partial charge >= 0.3 is 5.97 Å². The summed E-state index contributed by atoms with van der Waals surface area (Å²) in [7, 11) is 1.27. The second-order valence-electron chi connectivity index (χ2n) is 7.90. The summed E-state index contributed by atoms with van der Waals surface area (Å²) in [5, 5.41) is 51.8. The van der Waals surface area contributed by atoms with E-state index in [4.69, 9.17) is 14.2 Å². The molecule has 0 spiro atoms. The molecule has 0 aromatic heterocycles. The summed E-state index contributed by atoms with van der Waals surface area (Å²) in [5.74, 6) is -1.96. The summed E-state index contributed by atoms with van der Waals surface area (Å²) in [6.07, 6.45) is -4.91. The number of hydrogen-bond donors (Lipinski definition) is 5. The van der Waals surface area contributed by atoms with Crippen LogP contribution in [-0.2, 0) is 16.0 Å². The Hall–Kier alpha value is -2.11. The highest BCUT2D eigenvalue weighted by molar-refractivity contribution is 5.97. The van der Waals surface area contributed by atoms with Gasteiger partial charge in [-0.3, -0.25) is 4.90 Å². The summed E-state index contributed by atoms with van der Waals surface area (Å²) in [5.41, 5.74) is 0.164. The molecule has 10 nitrogen and oxygen atoms in total. The Morgan fingerprint density at radius 1 is 1.06 bits per heavy atom. The van der Waals surface area contributed by atoms with Crippen molar-refractivity contribution in [3.63, 3.8) is 0 Å². The Kier molecular flexibility index (Phi) is 7.28. The van der Waals surface area contributed by atoms with Crippen molar-refractivity contribution in [3.8, 4) is 17.2 Å². The summed E-state index contributed by atoms with van der Waals surface area (Å²) in [4.78, 5) is 15.0. The standard InChI is InChI=1S/C21H31NO9/c1-4-6-22(7-5-2)8-10-12-13(16(26)19(29-3)14(10)24)18-20(31-21(12)28)17(27)15(25)11(9-23)30-18/h11,15,17-18,20,23-27H,4-9H2,1-3H3/t11-,15-,17+,18+,20-/m1/s1. The molecule has 1 fully saturated rings. The summed E-state index contributed by atoms with van der Waals surface area (Å²) in [6, 6.07) is 0. The maximum atomic E-state index is 13.0. The summed E-state index contributed by atoms with van der Waals surface area (Å²) < 4.78 is 16.3. The average Bonchev–Trinajstić information content (AvgIpc) is 2.74. The number of phenolic OH excluding ortho intramolecular Hbond substituents is 2. The first-order valence-electron chi connectivity index (χ1n) is 10.5. The molecule has 2 aliphatic rings. The SMILES string of the molecule is CCCN(CCC)Cc1c(O)c(OC)c(O)c2c1C(=O)O[C@@H]1[C@@H](O)[C@H](O)[C@@H](CO)O[C@@H]21. The predicted octanol–water partition coefficient (Wildman–Crippen LogP) is 0.421. The molecule has 31 heavy (non-hydrogen) atoms. The zero-order valence-electron chi connectivity index (χ0n) is 17.9. The van der Waals surface area contributed by atoms with E-state index in [0.29, 0.717) is 0 Å². The maximum absolute atomic E-state index is 13.0. The molecule has 0 amide bonds. The van der Waals surface area contributed by atoms with E-state index in [1.165, 1.54) is 7.11 Å². The molecule has 5 atom stereocenters. The smallest absolute Gasteiger partial charge is 0.339 e. The van der Waals surface area contributed by atoms with Gasteiger partial charge in [0.05, 0.1) is 19.3 Å². The predicted molar refractivity (Wildman–Crippen MR) is 108 cm³/mol. The minimum absolute atomic E-state index is 0.00301. The molecule has 5 N–H and O–H groups in total. The van der Waals surface area contributed by atoms with Gasteiger partial charge in [-0.25, -0.2) is 4.79 Å². The van der Waals surface area contributed by atoms with E-state index in [1.54, 1.807) is 0 Å². The number of aromatic hydroxyl groups is 2. The molecular formula is C21H31NO9. The van der Waals surface area contributed by atoms with Crippen LogP contribution in [0.25, 0.3) is 0 Å². The number of aliphatic hydroxyl groups excluding tert-OH is 3. The third kappa shape index (κ3) is 4.06. The monoisotopic (exact) mass is 441 g/mol. The van der Waals surface area contributed by atoms with Crippen molar-refractivity contribution in [2.45, 2.75) is 63.8 Å². The number of esters is 1. The number of carbonyl (C=O) groups excluding carboxylic acids is 1. The van der Waals surface area contributed by atoms with Gasteiger partial charge in [-0.1, -0.05) is 13.8 Å². The molecule has 0 bridgehead atoms. The van der Waals surface area contributed by atoms with E-state index in [2.05, 4.69) is 4.90 Å². The van der Waals surface area contributed by atoms with Crippen LogP contribution in [0.5, 0.6) is 17.2 Å². The fraction of sp³-hybridized carbons (Fsp3) is 0.667. The van der Waals surface area contributed by atoms with Gasteiger partial charge in [0.1, 0.15) is 24.4 Å². The zero-order valence-corrected chi connectivity index (χ0v) is 17.9. The largest absolute Gasteiger partial charge is 0.504 e. The topological polar surface area (TPSA) is 149 Å². The Morgan fingerprint density at radius 3 is 2.26 bits per heavy atom. The third-order valence-corrected chi connectivity index (χ3v) is 5.81. The highest BCUT2D eigenvalue weighted by Crippen LogP contribution is 2.52. The zero-order chi connectivity index (χ0) is 22.9. The highest BCUT2D eigenvalue weighted by Gasteiger charge is 2.53. The van der Waals surface area contributed by atoms with Gasteiger partial charge in [0.2, 0.25) is 5.75 Å². The number of rotatable bonds is 8. The second kappa shape index (κ2) is 9.58. The molecule has 0 saturated carbocycles. The molecule has 2 heterocycles. The number of hydrogen-bond acceptors (Lipinski definition) is 10. The molecule has 1 saturated heterocycles. The summed E-state index contributed by atoms with van der Waals surface area (Å²) in [6.45, 7) is 5.10. The number of aliphatic hydroxyl groups is 3. The number of phenols is 2. The van der Waals surface area contributed by atoms with Crippen LogP contribution in [-0.4, -0.2) is 87.6 Å². The molecule has 174 valence electrons. The number of benzene rings is 1. The average molecular weight is 441 g/mol. The van der Waals surface area contributed by atoms with Crippen molar-refractivity contribution < 1.29 is 44.5 Å². The fourth-order valence-electron chi connectivity index (χ4n) is 4.39. The van der Waals surface area contributed by atoms with Crippen molar-refractivity contribution in [2.75, 3.05) is 26.8 Å². The van der Waals surface area contributed by atoms with Crippen LogP contribution in [0.2, 0.25) is 0 Å². The van der Waals surface area contributed by atoms with Gasteiger partial charge in [-0.2, -0.15) is 0 Å². The van der Waals surface area contributed by atoms with Crippen molar-refractivity contribution in [3.05, 3.63) is 16.7 Å². The van der Waals surface area contributed by atoms with Gasteiger partial charge in [-0.05, 0) is 25.9 Å². The van der Waals surface area contributed by atoms with Crippen LogP contribution < -0.4 is 4.74 Å². The van der Waals surface area contributed by atoms with Crippen LogP contribution in [0, 0.1) is 0 Å².